The van der Waals surface area contributed by atoms with Crippen molar-refractivity contribution < 1.29 is 9.05 Å². The van der Waals surface area contributed by atoms with Gasteiger partial charge in [0.25, 0.3) is 8.53 Å². The number of rotatable bonds is 8. The highest BCUT2D eigenvalue weighted by atomic mass is 31.2. The molecule has 0 spiro atoms. The fraction of sp³-hybridized carbons (Fsp3) is 1.00. The van der Waals surface area contributed by atoms with E-state index < -0.39 is 8.53 Å². The van der Waals surface area contributed by atoms with Gasteiger partial charge in [0.15, 0.2) is 0 Å². The van der Waals surface area contributed by atoms with Crippen molar-refractivity contribution in [3.8, 4) is 0 Å². The zero-order valence-corrected chi connectivity index (χ0v) is 9.87. The number of nitrogens with two attached hydrogens (primary N) is 3. The maximum absolute atomic E-state index is 5.63. The standard InChI is InChI=1S/C8H22N3O2P/c1-3-5-7(9)12-14(11)13-8(10)6-4-2/h7-8H,3-6,9-11H2,1-2H3. The number of hydrogen-bond donors (Lipinski definition) is 3. The van der Waals surface area contributed by atoms with E-state index in [1.54, 1.807) is 0 Å². The van der Waals surface area contributed by atoms with Crippen LogP contribution in [0.4, 0.5) is 0 Å². The van der Waals surface area contributed by atoms with E-state index >= 15 is 0 Å². The molecule has 0 rings (SSSR count). The molecule has 6 N–H and O–H groups in total. The lowest BCUT2D eigenvalue weighted by Crippen LogP contribution is -2.27. The van der Waals surface area contributed by atoms with Crippen LogP contribution in [0.1, 0.15) is 39.5 Å². The second-order valence-corrected chi connectivity index (χ2v) is 4.14. The van der Waals surface area contributed by atoms with Crippen LogP contribution in [-0.4, -0.2) is 12.5 Å². The van der Waals surface area contributed by atoms with E-state index in [1.165, 1.54) is 0 Å². The minimum atomic E-state index is -1.43. The Morgan fingerprint density at radius 1 is 1.00 bits per heavy atom. The zero-order valence-electron chi connectivity index (χ0n) is 8.98. The van der Waals surface area contributed by atoms with Crippen LogP contribution >= 0.6 is 8.53 Å². The van der Waals surface area contributed by atoms with Crippen LogP contribution < -0.4 is 17.0 Å². The Labute approximate surface area is 87.3 Å². The van der Waals surface area contributed by atoms with Crippen molar-refractivity contribution in [2.24, 2.45) is 17.0 Å². The monoisotopic (exact) mass is 223 g/mol. The first-order valence-corrected chi connectivity index (χ1v) is 6.24. The zero-order chi connectivity index (χ0) is 11.0. The summed E-state index contributed by atoms with van der Waals surface area (Å²) >= 11 is 0. The quantitative estimate of drug-likeness (QED) is 0.426. The Hall–Kier alpha value is 0.230. The van der Waals surface area contributed by atoms with Gasteiger partial charge in [0.05, 0.1) is 0 Å². The molecule has 0 bridgehead atoms. The summed E-state index contributed by atoms with van der Waals surface area (Å²) in [6.07, 6.45) is 2.80. The molecule has 0 heterocycles. The van der Waals surface area contributed by atoms with Crippen LogP contribution in [-0.2, 0) is 9.05 Å². The normalized spacial score (nSPS) is 17.8. The molecule has 14 heavy (non-hydrogen) atoms. The smallest absolute Gasteiger partial charge is 0.256 e. The second kappa shape index (κ2) is 8.53. The molecule has 6 heteroatoms. The van der Waals surface area contributed by atoms with Crippen molar-refractivity contribution in [3.05, 3.63) is 0 Å². The molecule has 0 saturated heterocycles. The highest BCUT2D eigenvalue weighted by Gasteiger charge is 2.13. The van der Waals surface area contributed by atoms with E-state index in [-0.39, 0.29) is 12.5 Å². The first-order chi connectivity index (χ1) is 6.60. The molecule has 0 aromatic heterocycles. The SMILES string of the molecule is CCCC(N)OP(N)OC(N)CCC. The van der Waals surface area contributed by atoms with Gasteiger partial charge in [-0.15, -0.1) is 0 Å². The molecule has 0 saturated carbocycles. The molecule has 2 atom stereocenters. The molecule has 0 aromatic rings. The van der Waals surface area contributed by atoms with Crippen LogP contribution in [0.25, 0.3) is 0 Å². The summed E-state index contributed by atoms with van der Waals surface area (Å²) < 4.78 is 10.5. The summed E-state index contributed by atoms with van der Waals surface area (Å²) in [6, 6.07) is 0. The first kappa shape index (κ1) is 14.2. The molecule has 5 nitrogen and oxygen atoms in total. The summed E-state index contributed by atoms with van der Waals surface area (Å²) in [5, 5.41) is 0. The molecule has 0 aliphatic rings. The average molecular weight is 223 g/mol. The average Bonchev–Trinajstić information content (AvgIpc) is 2.03. The molecule has 0 aromatic carbocycles. The van der Waals surface area contributed by atoms with Gasteiger partial charge in [-0.3, -0.25) is 5.50 Å². The highest BCUT2D eigenvalue weighted by molar-refractivity contribution is 7.44. The van der Waals surface area contributed by atoms with Gasteiger partial charge in [-0.25, -0.2) is 0 Å². The van der Waals surface area contributed by atoms with Gasteiger partial charge < -0.3 is 20.5 Å². The van der Waals surface area contributed by atoms with Gasteiger partial charge in [-0.05, 0) is 12.8 Å². The Balaban J connectivity index is 3.57. The Morgan fingerprint density at radius 3 is 1.64 bits per heavy atom. The molecule has 0 fully saturated rings. The number of hydrogen-bond acceptors (Lipinski definition) is 5. The van der Waals surface area contributed by atoms with Crippen molar-refractivity contribution >= 4 is 8.53 Å². The Morgan fingerprint density at radius 2 is 1.36 bits per heavy atom. The lowest BCUT2D eigenvalue weighted by atomic mass is 10.3. The van der Waals surface area contributed by atoms with Crippen LogP contribution in [0.2, 0.25) is 0 Å². The molecule has 0 aliphatic heterocycles. The molecule has 0 aliphatic carbocycles. The molecule has 0 amide bonds. The van der Waals surface area contributed by atoms with Crippen molar-refractivity contribution in [2.45, 2.75) is 52.0 Å². The van der Waals surface area contributed by atoms with Gasteiger partial charge in [0, 0.05) is 0 Å². The predicted octanol–water partition coefficient (Wildman–Crippen LogP) is 1.37. The van der Waals surface area contributed by atoms with Gasteiger partial charge in [0.1, 0.15) is 12.5 Å². The van der Waals surface area contributed by atoms with E-state index in [2.05, 4.69) is 0 Å². The predicted molar refractivity (Wildman–Crippen MR) is 59.0 cm³/mol. The van der Waals surface area contributed by atoms with E-state index in [1.807, 2.05) is 13.8 Å². The van der Waals surface area contributed by atoms with Crippen molar-refractivity contribution in [3.63, 3.8) is 0 Å². The van der Waals surface area contributed by atoms with Crippen LogP contribution in [0.3, 0.4) is 0 Å². The van der Waals surface area contributed by atoms with Crippen molar-refractivity contribution in [1.29, 1.82) is 0 Å². The molecule has 2 unspecified atom stereocenters. The van der Waals surface area contributed by atoms with Gasteiger partial charge in [0.2, 0.25) is 0 Å². The minimum Gasteiger partial charge on any atom is -0.306 e. The van der Waals surface area contributed by atoms with Crippen molar-refractivity contribution in [2.75, 3.05) is 0 Å². The van der Waals surface area contributed by atoms with E-state index in [0.717, 1.165) is 25.7 Å². The fourth-order valence-corrected chi connectivity index (χ4v) is 1.76. The van der Waals surface area contributed by atoms with E-state index in [4.69, 9.17) is 26.0 Å². The summed E-state index contributed by atoms with van der Waals surface area (Å²) in [7, 11) is -1.43. The third kappa shape index (κ3) is 7.62. The molecular weight excluding hydrogens is 201 g/mol. The maximum Gasteiger partial charge on any atom is 0.256 e. The summed E-state index contributed by atoms with van der Waals surface area (Å²) in [5.74, 6) is 0. The molecule has 86 valence electrons. The van der Waals surface area contributed by atoms with Gasteiger partial charge in [-0.2, -0.15) is 0 Å². The summed E-state index contributed by atoms with van der Waals surface area (Å²) in [4.78, 5) is 0. The fourth-order valence-electron chi connectivity index (χ4n) is 0.966. The van der Waals surface area contributed by atoms with E-state index in [9.17, 15) is 0 Å². The van der Waals surface area contributed by atoms with Crippen LogP contribution in [0, 0.1) is 0 Å². The first-order valence-electron chi connectivity index (χ1n) is 4.99. The minimum absolute atomic E-state index is 0.343. The third-order valence-corrected chi connectivity index (χ3v) is 2.58. The largest absolute Gasteiger partial charge is 0.306 e. The lowest BCUT2D eigenvalue weighted by Gasteiger charge is -2.20. The van der Waals surface area contributed by atoms with Gasteiger partial charge in [-0.1, -0.05) is 26.7 Å². The van der Waals surface area contributed by atoms with E-state index in [0.29, 0.717) is 0 Å². The Bertz CT molecular complexity index is 126. The maximum atomic E-state index is 5.63. The van der Waals surface area contributed by atoms with Crippen molar-refractivity contribution in [1.82, 2.24) is 0 Å². The Kier molecular flexibility index (Phi) is 8.67. The topological polar surface area (TPSA) is 96.5 Å². The molecule has 0 radical (unpaired) electrons. The summed E-state index contributed by atoms with van der Waals surface area (Å²) in [6.45, 7) is 4.07. The molecular formula is C8H22N3O2P. The van der Waals surface area contributed by atoms with Crippen LogP contribution in [0.5, 0.6) is 0 Å². The summed E-state index contributed by atoms with van der Waals surface area (Å²) in [5.41, 5.74) is 16.9. The lowest BCUT2D eigenvalue weighted by molar-refractivity contribution is 0.138. The third-order valence-electron chi connectivity index (χ3n) is 1.62. The highest BCUT2D eigenvalue weighted by Crippen LogP contribution is 2.31. The van der Waals surface area contributed by atoms with Gasteiger partial charge >= 0.3 is 0 Å². The second-order valence-electron chi connectivity index (χ2n) is 3.15. The van der Waals surface area contributed by atoms with Crippen LogP contribution in [0.15, 0.2) is 0 Å².